The molecule has 7 heteroatoms. The zero-order chi connectivity index (χ0) is 15.6. The van der Waals surface area contributed by atoms with Gasteiger partial charge in [0.05, 0.1) is 11.0 Å². The lowest BCUT2D eigenvalue weighted by Crippen LogP contribution is -2.28. The van der Waals surface area contributed by atoms with Gasteiger partial charge in [0, 0.05) is 32.5 Å². The Morgan fingerprint density at radius 3 is 2.45 bits per heavy atom. The zero-order valence-corrected chi connectivity index (χ0v) is 12.3. The van der Waals surface area contributed by atoms with Crippen molar-refractivity contribution >= 4 is 10.0 Å². The van der Waals surface area contributed by atoms with E-state index in [9.17, 15) is 17.2 Å². The second kappa shape index (κ2) is 5.85. The van der Waals surface area contributed by atoms with Crippen LogP contribution in [0.25, 0.3) is 0 Å². The smallest absolute Gasteiger partial charge is 0.207 e. The largest absolute Gasteiger partial charge is 0.270 e. The van der Waals surface area contributed by atoms with E-state index in [-0.39, 0.29) is 23.4 Å². The van der Waals surface area contributed by atoms with Gasteiger partial charge in [-0.3, -0.25) is 0 Å². The number of sulfonamides is 1. The molecule has 0 atom stereocenters. The molecule has 0 aromatic heterocycles. The van der Waals surface area contributed by atoms with Gasteiger partial charge >= 0.3 is 0 Å². The summed E-state index contributed by atoms with van der Waals surface area (Å²) in [6.07, 6.45) is 0.0400. The molecule has 1 aromatic rings. The summed E-state index contributed by atoms with van der Waals surface area (Å²) < 4.78 is 52.2. The number of aryl methyl sites for hydroxylation is 1. The number of alkyl halides is 2. The molecule has 0 unspecified atom stereocenters. The van der Waals surface area contributed by atoms with Gasteiger partial charge in [-0.1, -0.05) is 6.07 Å². The molecule has 0 saturated carbocycles. The summed E-state index contributed by atoms with van der Waals surface area (Å²) >= 11 is 0. The van der Waals surface area contributed by atoms with Crippen LogP contribution in [-0.4, -0.2) is 26.3 Å². The Kier molecular flexibility index (Phi) is 4.84. The molecule has 1 rings (SSSR count). The molecule has 1 aromatic carbocycles. The van der Waals surface area contributed by atoms with Crippen molar-refractivity contribution in [3.63, 3.8) is 0 Å². The normalized spacial score (nSPS) is 12.4. The lowest BCUT2D eigenvalue weighted by atomic mass is 10.1. The van der Waals surface area contributed by atoms with Gasteiger partial charge in [-0.05, 0) is 24.6 Å². The standard InChI is InChI=1S/C13H16F2N2O2S/c1-10-7-11(13(2,14)15)9-12(8-10)20(18,19)17(3)6-4-5-16/h7-9H,4,6H2,1-3H3. The van der Waals surface area contributed by atoms with Crippen molar-refractivity contribution in [2.75, 3.05) is 13.6 Å². The van der Waals surface area contributed by atoms with Crippen LogP contribution in [0.1, 0.15) is 24.5 Å². The molecule has 0 N–H and O–H groups in total. The third-order valence-corrected chi connectivity index (χ3v) is 4.64. The van der Waals surface area contributed by atoms with Gasteiger partial charge in [-0.15, -0.1) is 0 Å². The summed E-state index contributed by atoms with van der Waals surface area (Å²) in [4.78, 5) is -0.186. The summed E-state index contributed by atoms with van der Waals surface area (Å²) in [6, 6.07) is 5.42. The van der Waals surface area contributed by atoms with Crippen LogP contribution in [-0.2, 0) is 15.9 Å². The van der Waals surface area contributed by atoms with Crippen molar-refractivity contribution in [1.29, 1.82) is 5.26 Å². The summed E-state index contributed by atoms with van der Waals surface area (Å²) in [5, 5.41) is 8.48. The van der Waals surface area contributed by atoms with Gasteiger partial charge in [0.25, 0.3) is 5.92 Å². The van der Waals surface area contributed by atoms with Gasteiger partial charge in [-0.2, -0.15) is 9.57 Å². The second-order valence-corrected chi connectivity index (χ2v) is 6.70. The predicted octanol–water partition coefficient (Wildman–Crippen LogP) is 2.64. The molecule has 0 fully saturated rings. The van der Waals surface area contributed by atoms with Crippen molar-refractivity contribution in [2.24, 2.45) is 0 Å². The van der Waals surface area contributed by atoms with Crippen LogP contribution in [0.4, 0.5) is 8.78 Å². The van der Waals surface area contributed by atoms with Crippen molar-refractivity contribution in [3.05, 3.63) is 29.3 Å². The average molecular weight is 302 g/mol. The van der Waals surface area contributed by atoms with Gasteiger partial charge in [0.2, 0.25) is 10.0 Å². The van der Waals surface area contributed by atoms with Crippen LogP contribution in [0.5, 0.6) is 0 Å². The van der Waals surface area contributed by atoms with E-state index in [2.05, 4.69) is 0 Å². The Balaban J connectivity index is 3.26. The van der Waals surface area contributed by atoms with E-state index in [0.717, 1.165) is 17.3 Å². The molecule has 0 bridgehead atoms. The molecule has 110 valence electrons. The minimum atomic E-state index is -3.87. The molecule has 0 aliphatic carbocycles. The van der Waals surface area contributed by atoms with Gasteiger partial charge in [0.1, 0.15) is 0 Å². The minimum absolute atomic E-state index is 0.0185. The molecule has 0 spiro atoms. The van der Waals surface area contributed by atoms with Crippen molar-refractivity contribution < 1.29 is 17.2 Å². The maximum Gasteiger partial charge on any atom is 0.270 e. The van der Waals surface area contributed by atoms with Gasteiger partial charge in [0.15, 0.2) is 0 Å². The monoisotopic (exact) mass is 302 g/mol. The highest BCUT2D eigenvalue weighted by Gasteiger charge is 2.28. The van der Waals surface area contributed by atoms with Crippen LogP contribution >= 0.6 is 0 Å². The fraction of sp³-hybridized carbons (Fsp3) is 0.462. The van der Waals surface area contributed by atoms with Crippen LogP contribution in [0.2, 0.25) is 0 Å². The van der Waals surface area contributed by atoms with Gasteiger partial charge in [-0.25, -0.2) is 17.2 Å². The number of nitrogens with zero attached hydrogens (tertiary/aromatic N) is 2. The molecule has 0 saturated heterocycles. The zero-order valence-electron chi connectivity index (χ0n) is 11.5. The molecule has 0 aliphatic rings. The number of hydrogen-bond acceptors (Lipinski definition) is 3. The summed E-state index contributed by atoms with van der Waals surface area (Å²) in [5.74, 6) is -3.11. The lowest BCUT2D eigenvalue weighted by Gasteiger charge is -2.18. The van der Waals surface area contributed by atoms with E-state index in [4.69, 9.17) is 5.26 Å². The Morgan fingerprint density at radius 2 is 1.95 bits per heavy atom. The number of rotatable bonds is 5. The first-order valence-electron chi connectivity index (χ1n) is 5.92. The van der Waals surface area contributed by atoms with E-state index >= 15 is 0 Å². The van der Waals surface area contributed by atoms with Crippen LogP contribution < -0.4 is 0 Å². The highest BCUT2D eigenvalue weighted by molar-refractivity contribution is 7.89. The third-order valence-electron chi connectivity index (χ3n) is 2.80. The van der Waals surface area contributed by atoms with Crippen LogP contribution in [0, 0.1) is 18.3 Å². The number of nitriles is 1. The Labute approximate surface area is 117 Å². The second-order valence-electron chi connectivity index (χ2n) is 4.66. The third kappa shape index (κ3) is 3.74. The lowest BCUT2D eigenvalue weighted by molar-refractivity contribution is 0.0172. The predicted molar refractivity (Wildman–Crippen MR) is 70.8 cm³/mol. The molecular weight excluding hydrogens is 286 g/mol. The number of hydrogen-bond donors (Lipinski definition) is 0. The fourth-order valence-corrected chi connectivity index (χ4v) is 2.96. The molecule has 0 heterocycles. The van der Waals surface area contributed by atoms with Crippen molar-refractivity contribution in [1.82, 2.24) is 4.31 Å². The van der Waals surface area contributed by atoms with E-state index in [1.54, 1.807) is 6.92 Å². The molecule has 0 radical (unpaired) electrons. The first-order chi connectivity index (χ1) is 9.09. The Bertz CT molecular complexity index is 631. The van der Waals surface area contributed by atoms with E-state index in [0.29, 0.717) is 5.56 Å². The molecule has 0 amide bonds. The maximum atomic E-state index is 13.4. The number of halogens is 2. The minimum Gasteiger partial charge on any atom is -0.207 e. The first kappa shape index (κ1) is 16.5. The average Bonchev–Trinajstić information content (AvgIpc) is 2.33. The SMILES string of the molecule is Cc1cc(C(C)(F)F)cc(S(=O)(=O)N(C)CCC#N)c1. The summed E-state index contributed by atoms with van der Waals surface area (Å²) in [6.45, 7) is 2.30. The van der Waals surface area contributed by atoms with E-state index in [1.807, 2.05) is 6.07 Å². The Hall–Kier alpha value is -1.52. The maximum absolute atomic E-state index is 13.4. The van der Waals surface area contributed by atoms with Crippen LogP contribution in [0.3, 0.4) is 0 Å². The first-order valence-corrected chi connectivity index (χ1v) is 7.36. The summed E-state index contributed by atoms with van der Waals surface area (Å²) in [7, 11) is -2.55. The summed E-state index contributed by atoms with van der Waals surface area (Å²) in [5.41, 5.74) is 0.0982. The molecule has 0 aliphatic heterocycles. The van der Waals surface area contributed by atoms with E-state index < -0.39 is 15.9 Å². The Morgan fingerprint density at radius 1 is 1.35 bits per heavy atom. The molecular formula is C13H16F2N2O2S. The number of benzene rings is 1. The van der Waals surface area contributed by atoms with Crippen LogP contribution in [0.15, 0.2) is 23.1 Å². The quantitative estimate of drug-likeness (QED) is 0.840. The topological polar surface area (TPSA) is 61.2 Å². The van der Waals surface area contributed by atoms with E-state index in [1.165, 1.54) is 19.2 Å². The van der Waals surface area contributed by atoms with Crippen molar-refractivity contribution in [2.45, 2.75) is 31.1 Å². The fourth-order valence-electron chi connectivity index (χ4n) is 1.66. The highest BCUT2D eigenvalue weighted by atomic mass is 32.2. The highest BCUT2D eigenvalue weighted by Crippen LogP contribution is 2.30. The van der Waals surface area contributed by atoms with Crippen molar-refractivity contribution in [3.8, 4) is 6.07 Å². The van der Waals surface area contributed by atoms with Gasteiger partial charge < -0.3 is 0 Å². The molecule has 20 heavy (non-hydrogen) atoms. The molecule has 4 nitrogen and oxygen atoms in total.